The summed E-state index contributed by atoms with van der Waals surface area (Å²) in [6.45, 7) is 3.90. The van der Waals surface area contributed by atoms with Gasteiger partial charge >= 0.3 is 6.18 Å². The fourth-order valence-corrected chi connectivity index (χ4v) is 7.02. The van der Waals surface area contributed by atoms with Crippen LogP contribution in [0.25, 0.3) is 10.9 Å². The third-order valence-corrected chi connectivity index (χ3v) is 9.95. The zero-order valence-corrected chi connectivity index (χ0v) is 26.7. The van der Waals surface area contributed by atoms with Crippen LogP contribution in [0.2, 0.25) is 0 Å². The first-order valence-corrected chi connectivity index (χ1v) is 16.2. The Bertz CT molecular complexity index is 1620. The number of likely N-dealkylation sites (N-methyl/N-ethyl adjacent to an activating group) is 1. The second-order valence-corrected chi connectivity index (χ2v) is 12.9. The molecule has 1 aliphatic heterocycles. The van der Waals surface area contributed by atoms with Crippen molar-refractivity contribution in [3.8, 4) is 0 Å². The maximum Gasteiger partial charge on any atom is 0.416 e. The Balaban J connectivity index is 1.34. The van der Waals surface area contributed by atoms with Gasteiger partial charge < -0.3 is 20.2 Å². The fourth-order valence-electron chi connectivity index (χ4n) is 7.02. The highest BCUT2D eigenvalue weighted by Gasteiger charge is 2.55. The number of hydrogen-bond donors (Lipinski definition) is 3. The summed E-state index contributed by atoms with van der Waals surface area (Å²) >= 11 is 0. The van der Waals surface area contributed by atoms with Gasteiger partial charge in [-0.05, 0) is 80.3 Å². The van der Waals surface area contributed by atoms with Gasteiger partial charge in [-0.15, -0.1) is 0 Å². The highest BCUT2D eigenvalue weighted by molar-refractivity contribution is 5.98. The van der Waals surface area contributed by atoms with Crippen molar-refractivity contribution in [1.82, 2.24) is 20.4 Å². The van der Waals surface area contributed by atoms with Crippen LogP contribution in [0.4, 0.5) is 23.2 Å². The minimum atomic E-state index is -4.76. The summed E-state index contributed by atoms with van der Waals surface area (Å²) in [6.07, 6.45) is 0.478. The van der Waals surface area contributed by atoms with Gasteiger partial charge in [-0.2, -0.15) is 18.3 Å². The van der Waals surface area contributed by atoms with Crippen LogP contribution in [-0.4, -0.2) is 62.8 Å². The molecule has 0 radical (unpaired) electrons. The van der Waals surface area contributed by atoms with E-state index in [1.807, 2.05) is 32.0 Å². The molecule has 2 aliphatic rings. The molecular weight excluding hydrogens is 618 g/mol. The lowest BCUT2D eigenvalue weighted by molar-refractivity contribution is -0.137. The van der Waals surface area contributed by atoms with E-state index < -0.39 is 47.0 Å². The molecule has 0 spiro atoms. The number of aromatic nitrogens is 2. The molecule has 13 heteroatoms. The Morgan fingerprint density at radius 2 is 1.89 bits per heavy atom. The van der Waals surface area contributed by atoms with Crippen LogP contribution in [0.5, 0.6) is 0 Å². The smallest absolute Gasteiger partial charge is 0.356 e. The van der Waals surface area contributed by atoms with Crippen molar-refractivity contribution in [2.24, 2.45) is 11.8 Å². The van der Waals surface area contributed by atoms with Gasteiger partial charge in [0, 0.05) is 24.5 Å². The molecule has 2 aromatic carbocycles. The predicted molar refractivity (Wildman–Crippen MR) is 168 cm³/mol. The number of fused-ring (bicyclic) bond motifs is 1. The number of nitrogens with one attached hydrogen (secondary N) is 2. The SMILES string of the molecule is CCCC1(CCC(CC)CC(=O)C(NC(=O)c2cc(C(F)(F)F)ccc2F)C2CCC2)C(=O)N(C)C(O)N1c1ccc2[nH]ncc2c1. The zero-order valence-electron chi connectivity index (χ0n) is 26.7. The van der Waals surface area contributed by atoms with E-state index >= 15 is 0 Å². The average molecular weight is 660 g/mol. The van der Waals surface area contributed by atoms with Gasteiger partial charge in [0.25, 0.3) is 11.8 Å². The molecule has 9 nitrogen and oxygen atoms in total. The molecule has 2 amide bonds. The predicted octanol–water partition coefficient (Wildman–Crippen LogP) is 6.18. The lowest BCUT2D eigenvalue weighted by Crippen LogP contribution is -2.51. The van der Waals surface area contributed by atoms with E-state index in [-0.39, 0.29) is 29.9 Å². The number of ketones is 1. The molecule has 0 bridgehead atoms. The molecule has 1 aliphatic carbocycles. The Hall–Kier alpha value is -4.00. The monoisotopic (exact) mass is 659 g/mol. The standard InChI is InChI=1S/C34H41F4N5O4/c1-4-14-33(31(46)42(3)32(47)43(33)24-10-12-27-22(17-24)19-39-41-27)15-13-20(5-2)16-28(44)29(21-7-6-8-21)40-30(45)25-18-23(34(36,37)38)9-11-26(25)35/h9-12,17-21,29,32,47H,4-8,13-16H2,1-3H3,(H,39,41)(H,40,45). The summed E-state index contributed by atoms with van der Waals surface area (Å²) < 4.78 is 54.3. The van der Waals surface area contributed by atoms with Crippen LogP contribution < -0.4 is 10.2 Å². The number of aliphatic hydroxyl groups excluding tert-OH is 1. The second-order valence-electron chi connectivity index (χ2n) is 12.9. The molecule has 4 unspecified atom stereocenters. The number of Topliss-reactive ketones (excluding diaryl/α,β-unsaturated/α-hetero) is 1. The van der Waals surface area contributed by atoms with Crippen LogP contribution in [0, 0.1) is 17.7 Å². The quantitative estimate of drug-likeness (QED) is 0.189. The Morgan fingerprint density at radius 1 is 1.15 bits per heavy atom. The normalized spacial score (nSPS) is 21.6. The Kier molecular flexibility index (Phi) is 9.95. The first kappa shape index (κ1) is 34.3. The lowest BCUT2D eigenvalue weighted by Gasteiger charge is -2.39. The van der Waals surface area contributed by atoms with Crippen LogP contribution in [0.3, 0.4) is 0 Å². The molecular formula is C34H41F4N5O4. The maximum absolute atomic E-state index is 14.5. The number of H-pyrrole nitrogens is 1. The number of aliphatic hydroxyl groups is 1. The van der Waals surface area contributed by atoms with E-state index in [0.29, 0.717) is 68.8 Å². The number of alkyl halides is 3. The summed E-state index contributed by atoms with van der Waals surface area (Å²) in [7, 11) is 1.56. The number of halogens is 4. The minimum Gasteiger partial charge on any atom is -0.356 e. The molecule has 2 fully saturated rings. The number of nitrogens with zero attached hydrogens (tertiary/aromatic N) is 3. The largest absolute Gasteiger partial charge is 0.416 e. The van der Waals surface area contributed by atoms with E-state index in [1.54, 1.807) is 18.1 Å². The summed E-state index contributed by atoms with van der Waals surface area (Å²) in [6, 6.07) is 6.22. The number of anilines is 1. The van der Waals surface area contributed by atoms with E-state index in [0.717, 1.165) is 17.3 Å². The number of amides is 2. The number of aromatic amines is 1. The Labute approximate surface area is 270 Å². The van der Waals surface area contributed by atoms with Gasteiger partial charge in [-0.1, -0.05) is 33.1 Å². The van der Waals surface area contributed by atoms with Gasteiger partial charge in [0.05, 0.1) is 28.9 Å². The molecule has 2 heterocycles. The first-order valence-electron chi connectivity index (χ1n) is 16.2. The number of carbonyl (C=O) groups is 3. The van der Waals surface area contributed by atoms with Crippen molar-refractivity contribution in [3.63, 3.8) is 0 Å². The third-order valence-electron chi connectivity index (χ3n) is 9.95. The number of hydrogen-bond acceptors (Lipinski definition) is 6. The summed E-state index contributed by atoms with van der Waals surface area (Å²) in [4.78, 5) is 43.7. The number of carbonyl (C=O) groups excluding carboxylic acids is 3. The van der Waals surface area contributed by atoms with E-state index in [9.17, 15) is 37.1 Å². The van der Waals surface area contributed by atoms with Crippen molar-refractivity contribution in [2.45, 2.75) is 95.7 Å². The van der Waals surface area contributed by atoms with Crippen LogP contribution in [0.15, 0.2) is 42.6 Å². The highest BCUT2D eigenvalue weighted by Crippen LogP contribution is 2.43. The molecule has 1 saturated heterocycles. The third kappa shape index (κ3) is 6.72. The second kappa shape index (κ2) is 13.6. The number of benzene rings is 2. The van der Waals surface area contributed by atoms with Gasteiger partial charge in [0.15, 0.2) is 5.78 Å². The first-order chi connectivity index (χ1) is 22.3. The molecule has 3 N–H and O–H groups in total. The van der Waals surface area contributed by atoms with Crippen molar-refractivity contribution in [3.05, 3.63) is 59.5 Å². The van der Waals surface area contributed by atoms with E-state index in [2.05, 4.69) is 15.5 Å². The van der Waals surface area contributed by atoms with Crippen LogP contribution in [-0.2, 0) is 15.8 Å². The Morgan fingerprint density at radius 3 is 2.53 bits per heavy atom. The summed E-state index contributed by atoms with van der Waals surface area (Å²) in [5.74, 6) is -3.04. The van der Waals surface area contributed by atoms with Gasteiger partial charge in [-0.25, -0.2) is 4.39 Å². The van der Waals surface area contributed by atoms with Gasteiger partial charge in [0.1, 0.15) is 11.4 Å². The van der Waals surface area contributed by atoms with Crippen LogP contribution in [0.1, 0.15) is 87.6 Å². The molecule has 254 valence electrons. The van der Waals surface area contributed by atoms with Crippen molar-refractivity contribution >= 4 is 34.2 Å². The summed E-state index contributed by atoms with van der Waals surface area (Å²) in [5.41, 5.74) is -1.51. The van der Waals surface area contributed by atoms with Crippen molar-refractivity contribution in [1.29, 1.82) is 0 Å². The molecule has 47 heavy (non-hydrogen) atoms. The molecule has 1 aromatic heterocycles. The van der Waals surface area contributed by atoms with Crippen LogP contribution >= 0.6 is 0 Å². The maximum atomic E-state index is 14.5. The summed E-state index contributed by atoms with van der Waals surface area (Å²) in [5, 5.41) is 21.7. The lowest BCUT2D eigenvalue weighted by atomic mass is 9.75. The zero-order chi connectivity index (χ0) is 34.1. The topological polar surface area (TPSA) is 119 Å². The van der Waals surface area contributed by atoms with E-state index in [4.69, 9.17) is 0 Å². The molecule has 1 saturated carbocycles. The highest BCUT2D eigenvalue weighted by atomic mass is 19.4. The van der Waals surface area contributed by atoms with Crippen molar-refractivity contribution < 1.29 is 37.1 Å². The number of rotatable bonds is 13. The molecule has 4 atom stereocenters. The molecule has 5 rings (SSSR count). The average Bonchev–Trinajstić information content (AvgIpc) is 3.54. The van der Waals surface area contributed by atoms with Gasteiger partial charge in [0.2, 0.25) is 6.35 Å². The van der Waals surface area contributed by atoms with Gasteiger partial charge in [-0.3, -0.25) is 19.5 Å². The van der Waals surface area contributed by atoms with E-state index in [1.165, 1.54) is 4.90 Å². The van der Waals surface area contributed by atoms with Crippen molar-refractivity contribution in [2.75, 3.05) is 11.9 Å². The minimum absolute atomic E-state index is 0.0682. The fraction of sp³-hybridized carbons (Fsp3) is 0.529. The molecule has 3 aromatic rings.